The second-order valence-electron chi connectivity index (χ2n) is 6.05. The summed E-state index contributed by atoms with van der Waals surface area (Å²) in [6.45, 7) is 8.17. The Labute approximate surface area is 111 Å². The molecule has 1 aromatic carbocycles. The van der Waals surface area contributed by atoms with Crippen LogP contribution in [0, 0.1) is 0 Å². The summed E-state index contributed by atoms with van der Waals surface area (Å²) in [5.41, 5.74) is 7.09. The zero-order valence-corrected chi connectivity index (χ0v) is 12.4. The summed E-state index contributed by atoms with van der Waals surface area (Å²) in [7, 11) is 4.10. The van der Waals surface area contributed by atoms with Gasteiger partial charge in [-0.2, -0.15) is 0 Å². The van der Waals surface area contributed by atoms with Crippen LogP contribution in [0.15, 0.2) is 24.3 Å². The van der Waals surface area contributed by atoms with Crippen molar-refractivity contribution in [3.63, 3.8) is 0 Å². The van der Waals surface area contributed by atoms with E-state index in [1.54, 1.807) is 0 Å². The van der Waals surface area contributed by atoms with Gasteiger partial charge in [0.1, 0.15) is 11.4 Å². The second-order valence-corrected chi connectivity index (χ2v) is 6.05. The molecule has 0 amide bonds. The average molecular weight is 250 g/mol. The number of nitrogens with two attached hydrogens (primary N) is 1. The number of hydrogen-bond donors (Lipinski definition) is 1. The minimum absolute atomic E-state index is 0.0920. The van der Waals surface area contributed by atoms with Crippen LogP contribution in [0.3, 0.4) is 0 Å². The molecule has 0 aliphatic rings. The van der Waals surface area contributed by atoms with E-state index in [1.165, 1.54) is 5.56 Å². The molecule has 0 saturated heterocycles. The van der Waals surface area contributed by atoms with Gasteiger partial charge in [0.2, 0.25) is 0 Å². The summed E-state index contributed by atoms with van der Waals surface area (Å²) in [5.74, 6) is 0.897. The Hall–Kier alpha value is -1.06. The van der Waals surface area contributed by atoms with Gasteiger partial charge in [0, 0.05) is 12.1 Å². The highest BCUT2D eigenvalue weighted by Gasteiger charge is 2.19. The Morgan fingerprint density at radius 2 is 1.61 bits per heavy atom. The molecule has 2 atom stereocenters. The highest BCUT2D eigenvalue weighted by Crippen LogP contribution is 2.25. The van der Waals surface area contributed by atoms with Crippen molar-refractivity contribution in [1.29, 1.82) is 0 Å². The molecule has 18 heavy (non-hydrogen) atoms. The molecule has 0 saturated carbocycles. The molecule has 0 aliphatic carbocycles. The number of likely N-dealkylation sites (N-methyl/N-ethyl adjacent to an activating group) is 1. The lowest BCUT2D eigenvalue weighted by Gasteiger charge is -2.28. The number of ether oxygens (including phenoxy) is 1. The number of rotatable bonds is 4. The van der Waals surface area contributed by atoms with Crippen molar-refractivity contribution < 1.29 is 4.74 Å². The van der Waals surface area contributed by atoms with E-state index in [9.17, 15) is 0 Å². The van der Waals surface area contributed by atoms with Crippen molar-refractivity contribution in [1.82, 2.24) is 4.90 Å². The molecule has 1 rings (SSSR count). The zero-order valence-electron chi connectivity index (χ0n) is 12.4. The maximum atomic E-state index is 6.04. The van der Waals surface area contributed by atoms with E-state index in [2.05, 4.69) is 17.0 Å². The Bertz CT molecular complexity index is 355. The van der Waals surface area contributed by atoms with Gasteiger partial charge in [0.05, 0.1) is 0 Å². The molecule has 3 heteroatoms. The highest BCUT2D eigenvalue weighted by atomic mass is 16.5. The number of nitrogens with zero attached hydrogens (tertiary/aromatic N) is 1. The lowest BCUT2D eigenvalue weighted by molar-refractivity contribution is 0.131. The molecule has 102 valence electrons. The van der Waals surface area contributed by atoms with Crippen molar-refractivity contribution in [3.05, 3.63) is 29.8 Å². The van der Waals surface area contributed by atoms with Gasteiger partial charge in [-0.25, -0.2) is 0 Å². The van der Waals surface area contributed by atoms with Crippen molar-refractivity contribution in [2.75, 3.05) is 14.1 Å². The van der Waals surface area contributed by atoms with Crippen LogP contribution in [0.2, 0.25) is 0 Å². The maximum absolute atomic E-state index is 6.04. The molecule has 2 N–H and O–H groups in total. The van der Waals surface area contributed by atoms with Crippen LogP contribution in [-0.2, 0) is 0 Å². The van der Waals surface area contributed by atoms with Gasteiger partial charge in [0.25, 0.3) is 0 Å². The summed E-state index contributed by atoms with van der Waals surface area (Å²) in [4.78, 5) is 2.14. The number of benzene rings is 1. The SMILES string of the molecule is CC(N)C(c1ccc(OC(C)(C)C)cc1)N(C)C. The number of hydrogen-bond acceptors (Lipinski definition) is 3. The smallest absolute Gasteiger partial charge is 0.120 e. The molecule has 0 fully saturated rings. The molecular formula is C15H26N2O. The normalized spacial score (nSPS) is 15.6. The molecule has 3 nitrogen and oxygen atoms in total. The molecular weight excluding hydrogens is 224 g/mol. The Kier molecular flexibility index (Phi) is 4.77. The van der Waals surface area contributed by atoms with Crippen LogP contribution < -0.4 is 10.5 Å². The average Bonchev–Trinajstić information content (AvgIpc) is 2.17. The molecule has 0 spiro atoms. The fourth-order valence-corrected chi connectivity index (χ4v) is 2.16. The lowest BCUT2D eigenvalue weighted by Crippen LogP contribution is -2.35. The molecule has 0 heterocycles. The molecule has 1 aromatic rings. The van der Waals surface area contributed by atoms with Crippen LogP contribution in [0.4, 0.5) is 0 Å². The first-order valence-electron chi connectivity index (χ1n) is 6.41. The zero-order chi connectivity index (χ0) is 13.9. The van der Waals surface area contributed by atoms with E-state index >= 15 is 0 Å². The third-order valence-electron chi connectivity index (χ3n) is 2.70. The van der Waals surface area contributed by atoms with Crippen LogP contribution in [0.5, 0.6) is 5.75 Å². The van der Waals surface area contributed by atoms with Gasteiger partial charge in [0.15, 0.2) is 0 Å². The van der Waals surface area contributed by atoms with Crippen molar-refractivity contribution in [2.45, 2.75) is 45.4 Å². The van der Waals surface area contributed by atoms with Gasteiger partial charge in [-0.3, -0.25) is 0 Å². The third-order valence-corrected chi connectivity index (χ3v) is 2.70. The molecule has 0 radical (unpaired) electrons. The van der Waals surface area contributed by atoms with Crippen LogP contribution in [0.25, 0.3) is 0 Å². The highest BCUT2D eigenvalue weighted by molar-refractivity contribution is 5.30. The second kappa shape index (κ2) is 5.72. The predicted octanol–water partition coefficient (Wildman–Crippen LogP) is 2.81. The van der Waals surface area contributed by atoms with Gasteiger partial charge in [-0.05, 0) is 59.5 Å². The maximum Gasteiger partial charge on any atom is 0.120 e. The van der Waals surface area contributed by atoms with E-state index < -0.39 is 0 Å². The van der Waals surface area contributed by atoms with Gasteiger partial charge in [-0.15, -0.1) is 0 Å². The first-order chi connectivity index (χ1) is 8.20. The van der Waals surface area contributed by atoms with E-state index in [4.69, 9.17) is 10.5 Å². The Morgan fingerprint density at radius 1 is 1.11 bits per heavy atom. The van der Waals surface area contributed by atoms with Crippen molar-refractivity contribution in [2.24, 2.45) is 5.73 Å². The van der Waals surface area contributed by atoms with E-state index in [-0.39, 0.29) is 17.7 Å². The summed E-state index contributed by atoms with van der Waals surface area (Å²) >= 11 is 0. The molecule has 0 aromatic heterocycles. The first kappa shape index (κ1) is 15.0. The standard InChI is InChI=1S/C15H26N2O/c1-11(16)14(17(5)6)12-7-9-13(10-8-12)18-15(2,3)4/h7-11,14H,16H2,1-6H3. The predicted molar refractivity (Wildman–Crippen MR) is 76.9 cm³/mol. The van der Waals surface area contributed by atoms with Crippen LogP contribution in [0.1, 0.15) is 39.3 Å². The van der Waals surface area contributed by atoms with E-state index in [0.717, 1.165) is 5.75 Å². The monoisotopic (exact) mass is 250 g/mol. The quantitative estimate of drug-likeness (QED) is 0.893. The van der Waals surface area contributed by atoms with Crippen molar-refractivity contribution in [3.8, 4) is 5.75 Å². The Balaban J connectivity index is 2.87. The van der Waals surface area contributed by atoms with Crippen LogP contribution >= 0.6 is 0 Å². The van der Waals surface area contributed by atoms with Crippen LogP contribution in [-0.4, -0.2) is 30.6 Å². The summed E-state index contributed by atoms with van der Waals surface area (Å²) in [6, 6.07) is 8.53. The van der Waals surface area contributed by atoms with E-state index in [0.29, 0.717) is 0 Å². The fourth-order valence-electron chi connectivity index (χ4n) is 2.16. The minimum atomic E-state index is -0.163. The topological polar surface area (TPSA) is 38.5 Å². The summed E-state index contributed by atoms with van der Waals surface area (Å²) < 4.78 is 5.81. The van der Waals surface area contributed by atoms with Crippen molar-refractivity contribution >= 4 is 0 Å². The minimum Gasteiger partial charge on any atom is -0.488 e. The molecule has 0 bridgehead atoms. The largest absolute Gasteiger partial charge is 0.488 e. The van der Waals surface area contributed by atoms with Gasteiger partial charge < -0.3 is 15.4 Å². The summed E-state index contributed by atoms with van der Waals surface area (Å²) in [6.07, 6.45) is 0. The first-order valence-corrected chi connectivity index (χ1v) is 6.41. The third kappa shape index (κ3) is 4.31. The molecule has 0 aliphatic heterocycles. The van der Waals surface area contributed by atoms with E-state index in [1.807, 2.05) is 53.9 Å². The Morgan fingerprint density at radius 3 is 1.94 bits per heavy atom. The lowest BCUT2D eigenvalue weighted by atomic mass is 10.00. The molecule has 2 unspecified atom stereocenters. The fraction of sp³-hybridized carbons (Fsp3) is 0.600. The van der Waals surface area contributed by atoms with Gasteiger partial charge >= 0.3 is 0 Å². The summed E-state index contributed by atoms with van der Waals surface area (Å²) in [5, 5.41) is 0. The van der Waals surface area contributed by atoms with Gasteiger partial charge in [-0.1, -0.05) is 12.1 Å².